The molecule has 2 aliphatic rings. The Morgan fingerprint density at radius 3 is 2.96 bits per heavy atom. The fraction of sp³-hybridized carbons (Fsp3) is 0.667. The Balaban J connectivity index is 1.39. The first-order valence-corrected chi connectivity index (χ1v) is 10.1. The van der Waals surface area contributed by atoms with Crippen molar-refractivity contribution in [1.29, 1.82) is 0 Å². The molecular weight excluding hydrogens is 342 g/mol. The van der Waals surface area contributed by atoms with Gasteiger partial charge in [-0.25, -0.2) is 0 Å². The van der Waals surface area contributed by atoms with E-state index in [1.54, 1.807) is 0 Å². The van der Waals surface area contributed by atoms with Gasteiger partial charge in [0.25, 0.3) is 0 Å². The van der Waals surface area contributed by atoms with Gasteiger partial charge in [-0.1, -0.05) is 24.3 Å². The zero-order valence-corrected chi connectivity index (χ0v) is 16.7. The number of nitrogens with one attached hydrogen (secondary N) is 1. The van der Waals surface area contributed by atoms with Gasteiger partial charge in [-0.2, -0.15) is 0 Å². The third kappa shape index (κ3) is 5.92. The van der Waals surface area contributed by atoms with Crippen LogP contribution in [0.4, 0.5) is 0 Å². The van der Waals surface area contributed by atoms with Crippen molar-refractivity contribution in [2.24, 2.45) is 4.99 Å². The maximum Gasteiger partial charge on any atom is 0.193 e. The number of aryl methyl sites for hydroxylation is 1. The average molecular weight is 376 g/mol. The molecule has 0 radical (unpaired) electrons. The predicted octanol–water partition coefficient (Wildman–Crippen LogP) is 2.53. The number of guanidine groups is 1. The minimum Gasteiger partial charge on any atom is -0.379 e. The predicted molar refractivity (Wildman–Crippen MR) is 107 cm³/mol. The van der Waals surface area contributed by atoms with E-state index < -0.39 is 0 Å². The van der Waals surface area contributed by atoms with Gasteiger partial charge < -0.3 is 24.4 Å². The molecule has 2 heterocycles. The summed E-state index contributed by atoms with van der Waals surface area (Å²) in [5.41, 5.74) is 2.54. The second kappa shape index (κ2) is 10.6. The molecule has 0 amide bonds. The van der Waals surface area contributed by atoms with Gasteiger partial charge in [0.05, 0.1) is 25.9 Å². The molecule has 0 bridgehead atoms. The van der Waals surface area contributed by atoms with Gasteiger partial charge in [0, 0.05) is 33.4 Å². The minimum atomic E-state index is 0.0910. The number of rotatable bonds is 7. The Kier molecular flexibility index (Phi) is 7.93. The lowest BCUT2D eigenvalue weighted by Crippen LogP contribution is -2.48. The zero-order valence-electron chi connectivity index (χ0n) is 16.7. The Hall–Kier alpha value is -1.63. The van der Waals surface area contributed by atoms with E-state index in [0.717, 1.165) is 64.7 Å². The smallest absolute Gasteiger partial charge is 0.193 e. The highest BCUT2D eigenvalue weighted by molar-refractivity contribution is 5.80. The number of benzene rings is 1. The van der Waals surface area contributed by atoms with Crippen LogP contribution in [0.1, 0.15) is 36.5 Å². The molecule has 150 valence electrons. The standard InChI is InChI=1S/C21H33N3O3/c1-17-7-3-4-9-19(17)20-15-24(11-14-27-20)21(22-2)23-10-6-12-25-16-18-8-5-13-26-18/h3-4,7,9,18,20H,5-6,8,10-16H2,1-2H3,(H,22,23). The second-order valence-electron chi connectivity index (χ2n) is 7.20. The topological polar surface area (TPSA) is 55.3 Å². The zero-order chi connectivity index (χ0) is 18.9. The van der Waals surface area contributed by atoms with Crippen LogP contribution >= 0.6 is 0 Å². The van der Waals surface area contributed by atoms with Crippen molar-refractivity contribution in [3.05, 3.63) is 35.4 Å². The number of nitrogens with zero attached hydrogens (tertiary/aromatic N) is 2. The van der Waals surface area contributed by atoms with Gasteiger partial charge in [-0.3, -0.25) is 4.99 Å². The molecular formula is C21H33N3O3. The maximum absolute atomic E-state index is 6.02. The molecule has 1 aromatic carbocycles. The maximum atomic E-state index is 6.02. The number of hydrogen-bond acceptors (Lipinski definition) is 4. The van der Waals surface area contributed by atoms with E-state index in [1.807, 2.05) is 7.05 Å². The molecule has 0 aliphatic carbocycles. The van der Waals surface area contributed by atoms with Crippen molar-refractivity contribution < 1.29 is 14.2 Å². The molecule has 27 heavy (non-hydrogen) atoms. The lowest BCUT2D eigenvalue weighted by molar-refractivity contribution is -0.00841. The molecule has 2 atom stereocenters. The van der Waals surface area contributed by atoms with E-state index in [1.165, 1.54) is 11.1 Å². The first kappa shape index (κ1) is 20.1. The molecule has 6 heteroatoms. The quantitative estimate of drug-likeness (QED) is 0.451. The Bertz CT molecular complexity index is 602. The Morgan fingerprint density at radius 2 is 2.19 bits per heavy atom. The van der Waals surface area contributed by atoms with Crippen LogP contribution in [-0.4, -0.2) is 70.1 Å². The largest absolute Gasteiger partial charge is 0.379 e. The first-order valence-electron chi connectivity index (χ1n) is 10.1. The monoisotopic (exact) mass is 375 g/mol. The summed E-state index contributed by atoms with van der Waals surface area (Å²) in [5.74, 6) is 0.941. The van der Waals surface area contributed by atoms with E-state index in [4.69, 9.17) is 14.2 Å². The number of ether oxygens (including phenoxy) is 3. The molecule has 2 unspecified atom stereocenters. The highest BCUT2D eigenvalue weighted by Gasteiger charge is 2.25. The minimum absolute atomic E-state index is 0.0910. The molecule has 6 nitrogen and oxygen atoms in total. The second-order valence-corrected chi connectivity index (χ2v) is 7.20. The van der Waals surface area contributed by atoms with Gasteiger partial charge in [0.1, 0.15) is 6.10 Å². The van der Waals surface area contributed by atoms with Gasteiger partial charge in [-0.05, 0) is 37.3 Å². The Labute approximate surface area is 162 Å². The van der Waals surface area contributed by atoms with Crippen molar-refractivity contribution in [2.75, 3.05) is 53.1 Å². The normalized spacial score (nSPS) is 23.6. The van der Waals surface area contributed by atoms with E-state index in [0.29, 0.717) is 12.7 Å². The summed E-state index contributed by atoms with van der Waals surface area (Å²) in [6.45, 7) is 7.73. The van der Waals surface area contributed by atoms with Crippen molar-refractivity contribution >= 4 is 5.96 Å². The van der Waals surface area contributed by atoms with Crippen LogP contribution in [-0.2, 0) is 14.2 Å². The molecule has 3 rings (SSSR count). The molecule has 0 saturated carbocycles. The molecule has 1 aromatic rings. The van der Waals surface area contributed by atoms with Crippen LogP contribution in [0.2, 0.25) is 0 Å². The van der Waals surface area contributed by atoms with E-state index in [2.05, 4.69) is 46.4 Å². The lowest BCUT2D eigenvalue weighted by Gasteiger charge is -2.35. The highest BCUT2D eigenvalue weighted by atomic mass is 16.5. The van der Waals surface area contributed by atoms with Crippen LogP contribution in [0.15, 0.2) is 29.3 Å². The third-order valence-electron chi connectivity index (χ3n) is 5.19. The van der Waals surface area contributed by atoms with Crippen molar-refractivity contribution in [3.63, 3.8) is 0 Å². The van der Waals surface area contributed by atoms with Crippen LogP contribution in [0.5, 0.6) is 0 Å². The van der Waals surface area contributed by atoms with Gasteiger partial charge in [0.2, 0.25) is 0 Å². The van der Waals surface area contributed by atoms with Crippen LogP contribution in [0.3, 0.4) is 0 Å². The van der Waals surface area contributed by atoms with E-state index in [-0.39, 0.29) is 6.10 Å². The third-order valence-corrected chi connectivity index (χ3v) is 5.19. The lowest BCUT2D eigenvalue weighted by atomic mass is 10.0. The summed E-state index contributed by atoms with van der Waals surface area (Å²) in [6, 6.07) is 8.45. The number of hydrogen-bond donors (Lipinski definition) is 1. The van der Waals surface area contributed by atoms with Crippen molar-refractivity contribution in [1.82, 2.24) is 10.2 Å². The van der Waals surface area contributed by atoms with E-state index in [9.17, 15) is 0 Å². The molecule has 2 fully saturated rings. The summed E-state index contributed by atoms with van der Waals surface area (Å²) < 4.78 is 17.3. The van der Waals surface area contributed by atoms with Gasteiger partial charge >= 0.3 is 0 Å². The average Bonchev–Trinajstić information content (AvgIpc) is 3.21. The Morgan fingerprint density at radius 1 is 1.30 bits per heavy atom. The van der Waals surface area contributed by atoms with Crippen molar-refractivity contribution in [3.8, 4) is 0 Å². The molecule has 0 spiro atoms. The van der Waals surface area contributed by atoms with Gasteiger partial charge in [0.15, 0.2) is 5.96 Å². The SMILES string of the molecule is CN=C(NCCCOCC1CCCO1)N1CCOC(c2ccccc2C)C1. The number of morpholine rings is 1. The molecule has 0 aromatic heterocycles. The van der Waals surface area contributed by atoms with Crippen LogP contribution in [0.25, 0.3) is 0 Å². The van der Waals surface area contributed by atoms with E-state index >= 15 is 0 Å². The summed E-state index contributed by atoms with van der Waals surface area (Å²) in [5, 5.41) is 3.46. The summed E-state index contributed by atoms with van der Waals surface area (Å²) in [7, 11) is 1.84. The number of aliphatic imine (C=N–C) groups is 1. The molecule has 2 aliphatic heterocycles. The van der Waals surface area contributed by atoms with Crippen molar-refractivity contribution in [2.45, 2.75) is 38.4 Å². The molecule has 1 N–H and O–H groups in total. The fourth-order valence-corrected chi connectivity index (χ4v) is 3.68. The molecule has 2 saturated heterocycles. The summed E-state index contributed by atoms with van der Waals surface area (Å²) in [4.78, 5) is 6.74. The van der Waals surface area contributed by atoms with Crippen LogP contribution in [0, 0.1) is 6.92 Å². The van der Waals surface area contributed by atoms with Crippen LogP contribution < -0.4 is 5.32 Å². The fourth-order valence-electron chi connectivity index (χ4n) is 3.68. The summed E-state index contributed by atoms with van der Waals surface area (Å²) >= 11 is 0. The summed E-state index contributed by atoms with van der Waals surface area (Å²) in [6.07, 6.45) is 3.64. The van der Waals surface area contributed by atoms with Gasteiger partial charge in [-0.15, -0.1) is 0 Å². The highest BCUT2D eigenvalue weighted by Crippen LogP contribution is 2.24. The first-order chi connectivity index (χ1) is 13.3.